The van der Waals surface area contributed by atoms with Gasteiger partial charge in [0.25, 0.3) is 0 Å². The summed E-state index contributed by atoms with van der Waals surface area (Å²) in [5, 5.41) is 3.13. The van der Waals surface area contributed by atoms with Crippen LogP contribution in [0, 0.1) is 0 Å². The Kier molecular flexibility index (Phi) is 7.26. The molecule has 0 saturated carbocycles. The molecule has 5 rings (SSSR count). The van der Waals surface area contributed by atoms with Gasteiger partial charge >= 0.3 is 0 Å². The molecule has 37 heavy (non-hydrogen) atoms. The molecule has 4 aromatic rings. The lowest BCUT2D eigenvalue weighted by atomic mass is 10.2. The number of carbonyl (C=O) groups excluding carboxylic acids is 1. The summed E-state index contributed by atoms with van der Waals surface area (Å²) >= 11 is 1.26. The van der Waals surface area contributed by atoms with Crippen LogP contribution in [0.5, 0.6) is 5.75 Å². The zero-order valence-corrected chi connectivity index (χ0v) is 21.7. The zero-order valence-electron chi connectivity index (χ0n) is 20.0. The molecule has 9 nitrogen and oxygen atoms in total. The van der Waals surface area contributed by atoms with Crippen molar-refractivity contribution < 1.29 is 26.8 Å². The molecule has 0 aliphatic carbocycles. The van der Waals surface area contributed by atoms with Crippen LogP contribution in [0.15, 0.2) is 74.8 Å². The summed E-state index contributed by atoms with van der Waals surface area (Å²) in [5.41, 5.74) is 1.12. The Balaban J connectivity index is 1.36. The molecule has 11 heteroatoms. The number of thiazole rings is 1. The quantitative estimate of drug-likeness (QED) is 0.294. The number of ether oxygens (including phenoxy) is 1. The average Bonchev–Trinajstić information content (AvgIpc) is 3.70. The Labute approximate surface area is 218 Å². The van der Waals surface area contributed by atoms with Crippen LogP contribution in [0.1, 0.15) is 24.8 Å². The lowest BCUT2D eigenvalue weighted by Gasteiger charge is -2.26. The van der Waals surface area contributed by atoms with Crippen LogP contribution in [0.4, 0.5) is 5.13 Å². The summed E-state index contributed by atoms with van der Waals surface area (Å²) in [7, 11) is -2.27. The van der Waals surface area contributed by atoms with E-state index in [1.54, 1.807) is 48.9 Å². The van der Waals surface area contributed by atoms with Crippen molar-refractivity contribution >= 4 is 38.5 Å². The van der Waals surface area contributed by atoms with E-state index in [1.807, 2.05) is 6.07 Å². The standard InChI is InChI=1S/C26H25N3O6S2/c1-33-19-11-9-18(17-22(19)37(31,32)29-13-3-2-4-14-29)10-12-23(30)27-26-28-24(20-7-5-15-34-20)25(36-26)21-8-6-16-35-21/h5-12,15-17H,2-4,13-14H2,1H3,(H,27,28,30)/b12-10+. The summed E-state index contributed by atoms with van der Waals surface area (Å²) < 4.78 is 44.3. The number of sulfonamides is 1. The molecular formula is C26H25N3O6S2. The smallest absolute Gasteiger partial charge is 0.250 e. The molecule has 1 fully saturated rings. The van der Waals surface area contributed by atoms with E-state index in [0.29, 0.717) is 41.0 Å². The maximum Gasteiger partial charge on any atom is 0.250 e. The van der Waals surface area contributed by atoms with Crippen molar-refractivity contribution in [1.82, 2.24) is 9.29 Å². The van der Waals surface area contributed by atoms with Gasteiger partial charge in [-0.05, 0) is 60.9 Å². The number of nitrogens with one attached hydrogen (secondary N) is 1. The summed E-state index contributed by atoms with van der Waals surface area (Å²) in [4.78, 5) is 18.0. The van der Waals surface area contributed by atoms with Crippen molar-refractivity contribution in [3.63, 3.8) is 0 Å². The Morgan fingerprint density at radius 1 is 1.08 bits per heavy atom. The number of methoxy groups -OCH3 is 1. The first-order valence-electron chi connectivity index (χ1n) is 11.7. The molecule has 0 spiro atoms. The fourth-order valence-corrected chi connectivity index (χ4v) is 6.74. The van der Waals surface area contributed by atoms with Gasteiger partial charge in [0.1, 0.15) is 27.0 Å². The van der Waals surface area contributed by atoms with E-state index in [0.717, 1.165) is 24.1 Å². The molecule has 3 aromatic heterocycles. The fraction of sp³-hybridized carbons (Fsp3) is 0.231. The van der Waals surface area contributed by atoms with Gasteiger partial charge in [-0.25, -0.2) is 13.4 Å². The fourth-order valence-electron chi connectivity index (χ4n) is 4.09. The van der Waals surface area contributed by atoms with Crippen molar-refractivity contribution in [2.24, 2.45) is 0 Å². The van der Waals surface area contributed by atoms with Crippen LogP contribution in [0.25, 0.3) is 28.2 Å². The molecule has 0 unspecified atom stereocenters. The van der Waals surface area contributed by atoms with Gasteiger partial charge in [-0.15, -0.1) is 0 Å². The second-order valence-electron chi connectivity index (χ2n) is 8.35. The monoisotopic (exact) mass is 539 g/mol. The van der Waals surface area contributed by atoms with Gasteiger partial charge in [0.15, 0.2) is 10.9 Å². The Hall–Kier alpha value is -3.67. The number of nitrogens with zero attached hydrogens (tertiary/aromatic N) is 2. The summed E-state index contributed by atoms with van der Waals surface area (Å²) in [5.74, 6) is 1.02. The van der Waals surface area contributed by atoms with Crippen LogP contribution in [-0.2, 0) is 14.8 Å². The predicted octanol–water partition coefficient (Wildman–Crippen LogP) is 5.50. The number of rotatable bonds is 8. The SMILES string of the molecule is COc1ccc(/C=C/C(=O)Nc2nc(-c3ccco3)c(-c3ccco3)s2)cc1S(=O)(=O)N1CCCCC1. The van der Waals surface area contributed by atoms with Crippen LogP contribution in [0.2, 0.25) is 0 Å². The van der Waals surface area contributed by atoms with E-state index < -0.39 is 15.9 Å². The Bertz CT molecular complexity index is 1450. The number of hydrogen-bond acceptors (Lipinski definition) is 8. The molecule has 1 aliphatic rings. The molecule has 1 saturated heterocycles. The van der Waals surface area contributed by atoms with E-state index in [1.165, 1.54) is 34.9 Å². The van der Waals surface area contributed by atoms with Gasteiger partial charge in [0, 0.05) is 19.2 Å². The highest BCUT2D eigenvalue weighted by molar-refractivity contribution is 7.89. The first kappa shape index (κ1) is 25.0. The highest BCUT2D eigenvalue weighted by Crippen LogP contribution is 2.39. The van der Waals surface area contributed by atoms with Crippen molar-refractivity contribution in [2.75, 3.05) is 25.5 Å². The third kappa shape index (κ3) is 5.38. The van der Waals surface area contributed by atoms with Gasteiger partial charge in [0.2, 0.25) is 15.9 Å². The second-order valence-corrected chi connectivity index (χ2v) is 11.3. The minimum atomic E-state index is -3.71. The van der Waals surface area contributed by atoms with Crippen LogP contribution < -0.4 is 10.1 Å². The summed E-state index contributed by atoms with van der Waals surface area (Å²) in [6, 6.07) is 12.0. The molecule has 1 N–H and O–H groups in total. The molecule has 4 heterocycles. The van der Waals surface area contributed by atoms with E-state index in [-0.39, 0.29) is 10.6 Å². The number of amides is 1. The number of benzene rings is 1. The Morgan fingerprint density at radius 3 is 2.49 bits per heavy atom. The van der Waals surface area contributed by atoms with Gasteiger partial charge in [-0.1, -0.05) is 23.8 Å². The minimum absolute atomic E-state index is 0.0885. The maximum absolute atomic E-state index is 13.2. The van der Waals surface area contributed by atoms with E-state index in [9.17, 15) is 13.2 Å². The lowest BCUT2D eigenvalue weighted by Crippen LogP contribution is -2.35. The number of aromatic nitrogens is 1. The largest absolute Gasteiger partial charge is 0.495 e. The first-order valence-corrected chi connectivity index (χ1v) is 14.0. The summed E-state index contributed by atoms with van der Waals surface area (Å²) in [6.07, 6.45) is 8.69. The molecule has 1 amide bonds. The molecule has 0 atom stereocenters. The van der Waals surface area contributed by atoms with Gasteiger partial charge in [0.05, 0.1) is 19.6 Å². The summed E-state index contributed by atoms with van der Waals surface area (Å²) in [6.45, 7) is 0.976. The third-order valence-corrected chi connectivity index (χ3v) is 8.81. The van der Waals surface area contributed by atoms with Gasteiger partial charge < -0.3 is 13.6 Å². The molecule has 0 radical (unpaired) electrons. The van der Waals surface area contributed by atoms with Crippen LogP contribution >= 0.6 is 11.3 Å². The van der Waals surface area contributed by atoms with E-state index >= 15 is 0 Å². The van der Waals surface area contributed by atoms with Crippen LogP contribution in [-0.4, -0.2) is 43.8 Å². The van der Waals surface area contributed by atoms with Crippen molar-refractivity contribution in [3.8, 4) is 27.8 Å². The lowest BCUT2D eigenvalue weighted by molar-refractivity contribution is -0.111. The highest BCUT2D eigenvalue weighted by atomic mass is 32.2. The molecule has 0 bridgehead atoms. The molecule has 1 aliphatic heterocycles. The van der Waals surface area contributed by atoms with Crippen LogP contribution in [0.3, 0.4) is 0 Å². The van der Waals surface area contributed by atoms with Crippen molar-refractivity contribution in [2.45, 2.75) is 24.2 Å². The predicted molar refractivity (Wildman–Crippen MR) is 141 cm³/mol. The molecule has 1 aromatic carbocycles. The number of furan rings is 2. The van der Waals surface area contributed by atoms with Crippen molar-refractivity contribution in [1.29, 1.82) is 0 Å². The second kappa shape index (κ2) is 10.8. The normalized spacial score (nSPS) is 14.7. The van der Waals surface area contributed by atoms with Gasteiger partial charge in [-0.2, -0.15) is 4.31 Å². The topological polar surface area (TPSA) is 115 Å². The number of anilines is 1. The number of hydrogen-bond donors (Lipinski definition) is 1. The average molecular weight is 540 g/mol. The molecular weight excluding hydrogens is 514 g/mol. The first-order chi connectivity index (χ1) is 18.0. The third-order valence-electron chi connectivity index (χ3n) is 5.90. The molecule has 192 valence electrons. The maximum atomic E-state index is 13.2. The number of piperidine rings is 1. The highest BCUT2D eigenvalue weighted by Gasteiger charge is 2.29. The van der Waals surface area contributed by atoms with E-state index in [4.69, 9.17) is 13.6 Å². The van der Waals surface area contributed by atoms with E-state index in [2.05, 4.69) is 10.3 Å². The minimum Gasteiger partial charge on any atom is -0.495 e. The number of carbonyl (C=O) groups is 1. The zero-order chi connectivity index (χ0) is 25.8. The Morgan fingerprint density at radius 2 is 1.81 bits per heavy atom. The van der Waals surface area contributed by atoms with Crippen molar-refractivity contribution in [3.05, 3.63) is 66.6 Å². The van der Waals surface area contributed by atoms with Gasteiger partial charge in [-0.3, -0.25) is 10.1 Å².